The fourth-order valence-corrected chi connectivity index (χ4v) is 2.08. The van der Waals surface area contributed by atoms with E-state index in [9.17, 15) is 4.39 Å². The smallest absolute Gasteiger partial charge is 0.141 e. The van der Waals surface area contributed by atoms with E-state index in [1.54, 1.807) is 41.5 Å². The van der Waals surface area contributed by atoms with Crippen molar-refractivity contribution in [2.75, 3.05) is 5.73 Å². The van der Waals surface area contributed by atoms with Gasteiger partial charge in [-0.05, 0) is 30.3 Å². The van der Waals surface area contributed by atoms with Crippen LogP contribution in [0.25, 0.3) is 16.9 Å². The minimum atomic E-state index is -0.453. The number of halogens is 2. The number of hydrogen-bond donors (Lipinski definition) is 1. The summed E-state index contributed by atoms with van der Waals surface area (Å²) < 4.78 is 15.0. The number of nitrogen functional groups attached to an aromatic ring is 1. The molecule has 6 heteroatoms. The Hall–Kier alpha value is -2.40. The molecule has 0 aliphatic heterocycles. The van der Waals surface area contributed by atoms with Gasteiger partial charge in [-0.3, -0.25) is 4.57 Å². The van der Waals surface area contributed by atoms with Crippen LogP contribution in [-0.2, 0) is 0 Å². The Labute approximate surface area is 119 Å². The fraction of sp³-hybridized carbons (Fsp3) is 0. The molecule has 1 aromatic carbocycles. The highest BCUT2D eigenvalue weighted by atomic mass is 35.5. The molecular weight excluding hydrogens is 279 g/mol. The van der Waals surface area contributed by atoms with E-state index in [4.69, 9.17) is 17.3 Å². The van der Waals surface area contributed by atoms with E-state index in [2.05, 4.69) is 9.97 Å². The van der Waals surface area contributed by atoms with Crippen molar-refractivity contribution in [2.45, 2.75) is 0 Å². The molecule has 0 amide bonds. The van der Waals surface area contributed by atoms with Crippen LogP contribution >= 0.6 is 11.6 Å². The van der Waals surface area contributed by atoms with Crippen LogP contribution in [0.1, 0.15) is 0 Å². The number of nitrogens with zero attached hydrogens (tertiary/aromatic N) is 3. The van der Waals surface area contributed by atoms with E-state index in [1.165, 1.54) is 6.07 Å². The first-order valence-corrected chi connectivity index (χ1v) is 6.22. The molecule has 0 spiro atoms. The first kappa shape index (κ1) is 12.6. The molecule has 100 valence electrons. The zero-order valence-electron chi connectivity index (χ0n) is 10.3. The van der Waals surface area contributed by atoms with Gasteiger partial charge in [-0.25, -0.2) is 14.4 Å². The second-order valence-electron chi connectivity index (χ2n) is 4.22. The summed E-state index contributed by atoms with van der Waals surface area (Å²) in [5, 5.41) is 0.0672. The fourth-order valence-electron chi connectivity index (χ4n) is 1.91. The predicted molar refractivity (Wildman–Crippen MR) is 76.2 cm³/mol. The molecule has 2 N–H and O–H groups in total. The second kappa shape index (κ2) is 4.94. The van der Waals surface area contributed by atoms with Crippen LogP contribution in [0.15, 0.2) is 49.1 Å². The minimum absolute atomic E-state index is 0.0672. The van der Waals surface area contributed by atoms with Crippen LogP contribution in [0, 0.1) is 5.82 Å². The summed E-state index contributed by atoms with van der Waals surface area (Å²) >= 11 is 5.81. The summed E-state index contributed by atoms with van der Waals surface area (Å²) in [6, 6.07) is 8.07. The molecule has 3 aromatic rings. The van der Waals surface area contributed by atoms with Crippen LogP contribution in [-0.4, -0.2) is 14.5 Å². The van der Waals surface area contributed by atoms with Gasteiger partial charge in [-0.1, -0.05) is 11.6 Å². The van der Waals surface area contributed by atoms with Crippen molar-refractivity contribution in [1.82, 2.24) is 14.5 Å². The maximum absolute atomic E-state index is 13.2. The highest BCUT2D eigenvalue weighted by Gasteiger charge is 2.09. The molecule has 0 aliphatic carbocycles. The number of aromatic nitrogens is 3. The second-order valence-corrected chi connectivity index (χ2v) is 4.63. The Morgan fingerprint density at radius 2 is 2.00 bits per heavy atom. The van der Waals surface area contributed by atoms with Crippen molar-refractivity contribution >= 4 is 17.4 Å². The molecule has 0 saturated carbocycles. The highest BCUT2D eigenvalue weighted by Crippen LogP contribution is 2.25. The summed E-state index contributed by atoms with van der Waals surface area (Å²) in [7, 11) is 0. The minimum Gasteiger partial charge on any atom is -0.384 e. The molecule has 0 unspecified atom stereocenters. The third kappa shape index (κ3) is 2.23. The number of rotatable bonds is 2. The molecule has 0 bridgehead atoms. The average molecular weight is 289 g/mol. The van der Waals surface area contributed by atoms with E-state index in [0.29, 0.717) is 5.82 Å². The maximum Gasteiger partial charge on any atom is 0.141 e. The molecule has 0 aliphatic rings. The first-order valence-electron chi connectivity index (χ1n) is 5.85. The zero-order valence-corrected chi connectivity index (χ0v) is 11.0. The van der Waals surface area contributed by atoms with Gasteiger partial charge in [0.15, 0.2) is 0 Å². The number of hydrogen-bond acceptors (Lipinski definition) is 3. The van der Waals surface area contributed by atoms with Gasteiger partial charge < -0.3 is 5.73 Å². The van der Waals surface area contributed by atoms with Crippen LogP contribution in [0.3, 0.4) is 0 Å². The number of anilines is 1. The number of imidazole rings is 1. The lowest BCUT2D eigenvalue weighted by molar-refractivity contribution is 0.628. The van der Waals surface area contributed by atoms with Crippen LogP contribution in [0.2, 0.25) is 5.02 Å². The van der Waals surface area contributed by atoms with Crippen molar-refractivity contribution in [1.29, 1.82) is 0 Å². The molecule has 0 radical (unpaired) electrons. The van der Waals surface area contributed by atoms with Gasteiger partial charge in [0.25, 0.3) is 0 Å². The molecular formula is C14H10ClFN4. The van der Waals surface area contributed by atoms with Gasteiger partial charge >= 0.3 is 0 Å². The quantitative estimate of drug-likeness (QED) is 0.787. The lowest BCUT2D eigenvalue weighted by atomic mass is 10.2. The Bertz CT molecular complexity index is 752. The lowest BCUT2D eigenvalue weighted by Gasteiger charge is -2.09. The topological polar surface area (TPSA) is 56.7 Å². The van der Waals surface area contributed by atoms with E-state index in [0.717, 1.165) is 16.9 Å². The van der Waals surface area contributed by atoms with Gasteiger partial charge in [0, 0.05) is 17.4 Å². The Morgan fingerprint density at radius 1 is 1.15 bits per heavy atom. The van der Waals surface area contributed by atoms with Gasteiger partial charge in [0.05, 0.1) is 23.2 Å². The maximum atomic E-state index is 13.2. The third-order valence-electron chi connectivity index (χ3n) is 2.90. The van der Waals surface area contributed by atoms with Crippen LogP contribution in [0.5, 0.6) is 0 Å². The summed E-state index contributed by atoms with van der Waals surface area (Å²) in [6.07, 6.45) is 4.99. The summed E-state index contributed by atoms with van der Waals surface area (Å²) in [4.78, 5) is 8.17. The molecule has 3 rings (SSSR count). The molecule has 20 heavy (non-hydrogen) atoms. The van der Waals surface area contributed by atoms with Crippen LogP contribution < -0.4 is 5.73 Å². The largest absolute Gasteiger partial charge is 0.384 e. The van der Waals surface area contributed by atoms with Gasteiger partial charge in [0.2, 0.25) is 0 Å². The van der Waals surface area contributed by atoms with Gasteiger partial charge in [-0.15, -0.1) is 0 Å². The van der Waals surface area contributed by atoms with E-state index in [-0.39, 0.29) is 5.02 Å². The Morgan fingerprint density at radius 3 is 2.70 bits per heavy atom. The summed E-state index contributed by atoms with van der Waals surface area (Å²) in [6.45, 7) is 0. The normalized spacial score (nSPS) is 10.7. The molecule has 0 saturated heterocycles. The Kier molecular flexibility index (Phi) is 3.12. The van der Waals surface area contributed by atoms with E-state index in [1.807, 2.05) is 6.07 Å². The molecule has 0 fully saturated rings. The van der Waals surface area contributed by atoms with Crippen molar-refractivity contribution in [2.24, 2.45) is 0 Å². The summed E-state index contributed by atoms with van der Waals surface area (Å²) in [5.74, 6) is -0.00382. The van der Waals surface area contributed by atoms with E-state index >= 15 is 0 Å². The monoisotopic (exact) mass is 288 g/mol. The van der Waals surface area contributed by atoms with Gasteiger partial charge in [-0.2, -0.15) is 0 Å². The SMILES string of the molecule is Nc1ccc(-c2cncn2-c2ccc(F)c(Cl)c2)cn1. The standard InChI is InChI=1S/C14H10ClFN4/c15-11-5-10(2-3-12(11)16)20-8-18-7-13(20)9-1-4-14(17)19-6-9/h1-8H,(H2,17,19). The van der Waals surface area contributed by atoms with Crippen molar-refractivity contribution < 1.29 is 4.39 Å². The molecule has 2 heterocycles. The van der Waals surface area contributed by atoms with Crippen molar-refractivity contribution in [3.63, 3.8) is 0 Å². The van der Waals surface area contributed by atoms with E-state index < -0.39 is 5.82 Å². The molecule has 2 aromatic heterocycles. The highest BCUT2D eigenvalue weighted by molar-refractivity contribution is 6.30. The number of benzene rings is 1. The predicted octanol–water partition coefficient (Wildman–Crippen LogP) is 3.31. The number of pyridine rings is 1. The molecule has 0 atom stereocenters. The zero-order chi connectivity index (χ0) is 14.1. The van der Waals surface area contributed by atoms with Crippen molar-refractivity contribution in [3.05, 3.63) is 59.9 Å². The number of nitrogens with two attached hydrogens (primary N) is 1. The third-order valence-corrected chi connectivity index (χ3v) is 3.19. The van der Waals surface area contributed by atoms with Gasteiger partial charge in [0.1, 0.15) is 11.6 Å². The van der Waals surface area contributed by atoms with Crippen molar-refractivity contribution in [3.8, 4) is 16.9 Å². The Balaban J connectivity index is 2.10. The lowest BCUT2D eigenvalue weighted by Crippen LogP contribution is -1.97. The molecule has 4 nitrogen and oxygen atoms in total. The summed E-state index contributed by atoms with van der Waals surface area (Å²) in [5.41, 5.74) is 7.97. The first-order chi connectivity index (χ1) is 9.65. The average Bonchev–Trinajstić information content (AvgIpc) is 2.92. The van der Waals surface area contributed by atoms with Crippen LogP contribution in [0.4, 0.5) is 10.2 Å².